The predicted octanol–water partition coefficient (Wildman–Crippen LogP) is 6.97. The van der Waals surface area contributed by atoms with Crippen LogP contribution in [-0.4, -0.2) is 42.7 Å². The fraction of sp³-hybridized carbons (Fsp3) is 0.438. The molecule has 1 aromatic heterocycles. The van der Waals surface area contributed by atoms with Crippen molar-refractivity contribution in [2.45, 2.75) is 59.8 Å². The molecule has 1 saturated heterocycles. The van der Waals surface area contributed by atoms with Gasteiger partial charge in [-0.1, -0.05) is 49.3 Å². The summed E-state index contributed by atoms with van der Waals surface area (Å²) in [4.78, 5) is 10.9. The van der Waals surface area contributed by atoms with E-state index in [2.05, 4.69) is 89.3 Å². The highest BCUT2D eigenvalue weighted by Gasteiger charge is 2.13. The molecule has 5 nitrogen and oxygen atoms in total. The molecule has 0 radical (unpaired) electrons. The van der Waals surface area contributed by atoms with Gasteiger partial charge in [-0.15, -0.1) is 0 Å². The number of hydrogen-bond donors (Lipinski definition) is 2. The zero-order chi connectivity index (χ0) is 26.5. The fourth-order valence-electron chi connectivity index (χ4n) is 4.78. The lowest BCUT2D eigenvalue weighted by atomic mass is 9.99. The van der Waals surface area contributed by atoms with Crippen molar-refractivity contribution in [3.8, 4) is 0 Å². The average molecular weight is 500 g/mol. The van der Waals surface area contributed by atoms with Crippen LogP contribution in [0.4, 0.5) is 11.4 Å². The van der Waals surface area contributed by atoms with Crippen LogP contribution >= 0.6 is 0 Å². The van der Waals surface area contributed by atoms with E-state index in [1.54, 1.807) is 6.33 Å². The largest absolute Gasteiger partial charge is 0.381 e. The summed E-state index contributed by atoms with van der Waals surface area (Å²) >= 11 is 0. The third-order valence-electron chi connectivity index (χ3n) is 6.80. The number of unbranched alkanes of at least 4 members (excludes halogenated alkanes) is 1. The Labute approximate surface area is 224 Å². The Balaban J connectivity index is 1.86. The first-order valence-corrected chi connectivity index (χ1v) is 13.8. The Morgan fingerprint density at radius 2 is 1.97 bits per heavy atom. The van der Waals surface area contributed by atoms with Gasteiger partial charge in [0.25, 0.3) is 0 Å². The molecule has 0 aliphatic carbocycles. The third-order valence-corrected chi connectivity index (χ3v) is 6.80. The molecule has 0 spiro atoms. The van der Waals surface area contributed by atoms with Crippen LogP contribution < -0.4 is 15.5 Å². The van der Waals surface area contributed by atoms with Gasteiger partial charge in [0.2, 0.25) is 0 Å². The zero-order valence-corrected chi connectivity index (χ0v) is 23.3. The maximum atomic E-state index is 4.42. The molecule has 1 aliphatic heterocycles. The molecule has 5 heteroatoms. The molecule has 3 rings (SSSR count). The van der Waals surface area contributed by atoms with E-state index in [4.69, 9.17) is 0 Å². The maximum Gasteiger partial charge on any atom is 0.115 e. The molecule has 1 aliphatic rings. The van der Waals surface area contributed by atoms with Crippen LogP contribution in [0.3, 0.4) is 0 Å². The molecule has 0 bridgehead atoms. The van der Waals surface area contributed by atoms with E-state index < -0.39 is 0 Å². The summed E-state index contributed by atoms with van der Waals surface area (Å²) in [5.41, 5.74) is 9.77. The van der Waals surface area contributed by atoms with E-state index in [9.17, 15) is 0 Å². The minimum absolute atomic E-state index is 0.742. The van der Waals surface area contributed by atoms with E-state index in [-0.39, 0.29) is 0 Å². The van der Waals surface area contributed by atoms with E-state index in [0.29, 0.717) is 0 Å². The van der Waals surface area contributed by atoms with Crippen LogP contribution in [0.25, 0.3) is 5.57 Å². The molecular formula is C32H45N5. The maximum absolute atomic E-state index is 4.42. The number of anilines is 2. The zero-order valence-electron chi connectivity index (χ0n) is 23.3. The highest BCUT2D eigenvalue weighted by Crippen LogP contribution is 2.28. The molecule has 198 valence electrons. The molecule has 2 heterocycles. The number of hydrogen-bond acceptors (Lipinski definition) is 5. The van der Waals surface area contributed by atoms with Crippen LogP contribution in [0.5, 0.6) is 0 Å². The number of allylic oxidation sites excluding steroid dienone is 6. The van der Waals surface area contributed by atoms with Gasteiger partial charge < -0.3 is 15.5 Å². The van der Waals surface area contributed by atoms with Crippen LogP contribution in [-0.2, 0) is 6.42 Å². The summed E-state index contributed by atoms with van der Waals surface area (Å²) in [6.07, 6.45) is 17.4. The fourth-order valence-corrected chi connectivity index (χ4v) is 4.78. The molecule has 1 aromatic carbocycles. The first kappa shape index (κ1) is 28.4. The number of benzene rings is 1. The molecule has 37 heavy (non-hydrogen) atoms. The van der Waals surface area contributed by atoms with Crippen molar-refractivity contribution in [3.05, 3.63) is 89.6 Å². The third kappa shape index (κ3) is 9.01. The summed E-state index contributed by atoms with van der Waals surface area (Å²) in [6, 6.07) is 6.88. The highest BCUT2D eigenvalue weighted by atomic mass is 15.2. The lowest BCUT2D eigenvalue weighted by Crippen LogP contribution is -2.27. The van der Waals surface area contributed by atoms with Gasteiger partial charge >= 0.3 is 0 Å². The Morgan fingerprint density at radius 3 is 2.73 bits per heavy atom. The van der Waals surface area contributed by atoms with Crippen LogP contribution in [0, 0.1) is 0 Å². The van der Waals surface area contributed by atoms with Gasteiger partial charge in [0.1, 0.15) is 6.33 Å². The number of nitrogens with zero attached hydrogens (tertiary/aromatic N) is 3. The van der Waals surface area contributed by atoms with Gasteiger partial charge in [-0.05, 0) is 87.9 Å². The second-order valence-electron chi connectivity index (χ2n) is 10.0. The van der Waals surface area contributed by atoms with Crippen molar-refractivity contribution < 1.29 is 0 Å². The Kier molecular flexibility index (Phi) is 11.6. The summed E-state index contributed by atoms with van der Waals surface area (Å²) in [7, 11) is 0. The molecule has 2 aromatic rings. The van der Waals surface area contributed by atoms with E-state index in [1.165, 1.54) is 47.3 Å². The van der Waals surface area contributed by atoms with Crippen LogP contribution in [0.2, 0.25) is 0 Å². The summed E-state index contributed by atoms with van der Waals surface area (Å²) in [6.45, 7) is 18.1. The minimum atomic E-state index is 0.742. The molecule has 2 N–H and O–H groups in total. The number of nitrogens with one attached hydrogen (secondary N) is 2. The lowest BCUT2D eigenvalue weighted by molar-refractivity contribution is 0.724. The second kappa shape index (κ2) is 15.2. The topological polar surface area (TPSA) is 53.1 Å². The van der Waals surface area contributed by atoms with Gasteiger partial charge in [0.15, 0.2) is 0 Å². The van der Waals surface area contributed by atoms with Crippen molar-refractivity contribution in [2.75, 3.05) is 42.9 Å². The molecule has 0 saturated carbocycles. The van der Waals surface area contributed by atoms with Crippen molar-refractivity contribution >= 4 is 16.9 Å². The van der Waals surface area contributed by atoms with Gasteiger partial charge in [0, 0.05) is 55.5 Å². The molecule has 1 fully saturated rings. The first-order chi connectivity index (χ1) is 18.0. The summed E-state index contributed by atoms with van der Waals surface area (Å²) < 4.78 is 0. The molecule has 0 unspecified atom stereocenters. The smallest absolute Gasteiger partial charge is 0.115 e. The summed E-state index contributed by atoms with van der Waals surface area (Å²) in [5.74, 6) is 0. The normalized spacial score (nSPS) is 15.5. The molecular weight excluding hydrogens is 454 g/mol. The number of aromatic nitrogens is 2. The Hall–Kier alpha value is -3.18. The van der Waals surface area contributed by atoms with Crippen LogP contribution in [0.15, 0.2) is 78.4 Å². The SMILES string of the molecule is C=C(/C=C(/C)CCCC)Cc1cc(N2CCCNCC2)ccc1NC/C(C)=C(/C=C\C)c1cncnc1. The van der Waals surface area contributed by atoms with Crippen molar-refractivity contribution in [3.63, 3.8) is 0 Å². The summed E-state index contributed by atoms with van der Waals surface area (Å²) in [5, 5.41) is 7.25. The van der Waals surface area contributed by atoms with Crippen molar-refractivity contribution in [2.24, 2.45) is 0 Å². The minimum Gasteiger partial charge on any atom is -0.381 e. The van der Waals surface area contributed by atoms with E-state index in [0.717, 1.165) is 62.3 Å². The lowest BCUT2D eigenvalue weighted by Gasteiger charge is -2.24. The van der Waals surface area contributed by atoms with E-state index >= 15 is 0 Å². The standard InChI is InChI=1S/C32H45N5/c1-6-8-11-25(3)18-26(4)19-28-20-30(37-16-9-14-33-15-17-37)12-13-32(28)36-21-27(5)31(10-7-2)29-22-34-24-35-23-29/h7,10,12-13,18,20,22-24,33,36H,4,6,8-9,11,14-17,19,21H2,1-3,5H3/b10-7-,25-18-,31-27-. The molecule has 0 amide bonds. The Morgan fingerprint density at radius 1 is 1.16 bits per heavy atom. The second-order valence-corrected chi connectivity index (χ2v) is 10.0. The van der Waals surface area contributed by atoms with Gasteiger partial charge in [0.05, 0.1) is 0 Å². The average Bonchev–Trinajstić information content (AvgIpc) is 3.20. The predicted molar refractivity (Wildman–Crippen MR) is 160 cm³/mol. The van der Waals surface area contributed by atoms with Gasteiger partial charge in [-0.25, -0.2) is 9.97 Å². The Bertz CT molecular complexity index is 1090. The van der Waals surface area contributed by atoms with Crippen LogP contribution in [0.1, 0.15) is 64.5 Å². The van der Waals surface area contributed by atoms with Crippen molar-refractivity contribution in [1.82, 2.24) is 15.3 Å². The molecule has 0 atom stereocenters. The monoisotopic (exact) mass is 499 g/mol. The van der Waals surface area contributed by atoms with Gasteiger partial charge in [-0.2, -0.15) is 0 Å². The highest BCUT2D eigenvalue weighted by molar-refractivity contribution is 5.76. The quantitative estimate of drug-likeness (QED) is 0.309. The van der Waals surface area contributed by atoms with Gasteiger partial charge in [-0.3, -0.25) is 0 Å². The van der Waals surface area contributed by atoms with E-state index in [1.807, 2.05) is 19.3 Å². The first-order valence-electron chi connectivity index (χ1n) is 13.8. The van der Waals surface area contributed by atoms with Crippen molar-refractivity contribution in [1.29, 1.82) is 0 Å². The number of rotatable bonds is 12.